The summed E-state index contributed by atoms with van der Waals surface area (Å²) in [5.41, 5.74) is 2.38. The molecule has 4 heteroatoms. The molecule has 0 N–H and O–H groups in total. The molecule has 21 heavy (non-hydrogen) atoms. The summed E-state index contributed by atoms with van der Waals surface area (Å²) in [5, 5.41) is 0. The fourth-order valence-electron chi connectivity index (χ4n) is 2.37. The lowest BCUT2D eigenvalue weighted by Gasteiger charge is -2.14. The van der Waals surface area contributed by atoms with Crippen molar-refractivity contribution < 1.29 is 9.53 Å². The topological polar surface area (TPSA) is 44.1 Å². The third kappa shape index (κ3) is 3.58. The Morgan fingerprint density at radius 2 is 2.00 bits per heavy atom. The van der Waals surface area contributed by atoms with Gasteiger partial charge in [0.25, 0.3) is 0 Å². The first-order valence-corrected chi connectivity index (χ1v) is 7.35. The molecule has 2 rings (SSSR count). The summed E-state index contributed by atoms with van der Waals surface area (Å²) in [6.45, 7) is 8.13. The highest BCUT2D eigenvalue weighted by atomic mass is 16.5. The van der Waals surface area contributed by atoms with E-state index < -0.39 is 0 Å². The molecule has 0 amide bonds. The molecule has 2 aromatic rings. The van der Waals surface area contributed by atoms with Crippen molar-refractivity contribution in [1.29, 1.82) is 0 Å². The first-order chi connectivity index (χ1) is 10.2. The number of rotatable bonds is 7. The van der Waals surface area contributed by atoms with Crippen LogP contribution in [0, 0.1) is 5.92 Å². The average Bonchev–Trinajstić information content (AvgIpc) is 2.83. The van der Waals surface area contributed by atoms with E-state index in [2.05, 4.69) is 23.4 Å². The van der Waals surface area contributed by atoms with E-state index in [0.717, 1.165) is 29.9 Å². The molecule has 4 nitrogen and oxygen atoms in total. The van der Waals surface area contributed by atoms with Crippen molar-refractivity contribution in [3.63, 3.8) is 0 Å². The normalized spacial score (nSPS) is 11.0. The first-order valence-electron chi connectivity index (χ1n) is 7.35. The lowest BCUT2D eigenvalue weighted by molar-refractivity contribution is 0.111. The lowest BCUT2D eigenvalue weighted by atomic mass is 10.1. The molecule has 0 unspecified atom stereocenters. The highest BCUT2D eigenvalue weighted by Crippen LogP contribution is 2.26. The van der Waals surface area contributed by atoms with Gasteiger partial charge in [-0.15, -0.1) is 0 Å². The number of aromatic nitrogens is 2. The summed E-state index contributed by atoms with van der Waals surface area (Å²) in [5.74, 6) is 1.27. The van der Waals surface area contributed by atoms with Gasteiger partial charge in [0.05, 0.1) is 5.69 Å². The summed E-state index contributed by atoms with van der Waals surface area (Å²) < 4.78 is 7.60. The largest absolute Gasteiger partial charge is 0.374 e. The molecule has 0 bridgehead atoms. The standard InChI is InChI=1S/C17H22N2O2/c1-4-21-12-16-18-15(11-20)17(19(16)10-13(2)3)14-8-6-5-7-9-14/h5-9,11,13H,4,10,12H2,1-3H3. The van der Waals surface area contributed by atoms with Crippen molar-refractivity contribution in [2.75, 3.05) is 6.61 Å². The second kappa shape index (κ2) is 7.18. The lowest BCUT2D eigenvalue weighted by Crippen LogP contribution is -2.11. The van der Waals surface area contributed by atoms with Crippen LogP contribution in [0.15, 0.2) is 30.3 Å². The van der Waals surface area contributed by atoms with Crippen molar-refractivity contribution in [3.05, 3.63) is 41.9 Å². The van der Waals surface area contributed by atoms with Crippen LogP contribution in [0.3, 0.4) is 0 Å². The first kappa shape index (κ1) is 15.4. The van der Waals surface area contributed by atoms with Gasteiger partial charge in [0, 0.05) is 18.7 Å². The SMILES string of the molecule is CCOCc1nc(C=O)c(-c2ccccc2)n1CC(C)C. The van der Waals surface area contributed by atoms with Crippen molar-refractivity contribution in [2.24, 2.45) is 5.92 Å². The highest BCUT2D eigenvalue weighted by molar-refractivity contribution is 5.84. The van der Waals surface area contributed by atoms with Gasteiger partial charge in [-0.1, -0.05) is 44.2 Å². The van der Waals surface area contributed by atoms with Gasteiger partial charge in [-0.3, -0.25) is 4.79 Å². The van der Waals surface area contributed by atoms with Gasteiger partial charge in [-0.25, -0.2) is 4.98 Å². The average molecular weight is 286 g/mol. The number of ether oxygens (including phenoxy) is 1. The van der Waals surface area contributed by atoms with Gasteiger partial charge in [0.2, 0.25) is 0 Å². The predicted octanol–water partition coefficient (Wildman–Crippen LogP) is 3.56. The van der Waals surface area contributed by atoms with E-state index in [1.54, 1.807) is 0 Å². The highest BCUT2D eigenvalue weighted by Gasteiger charge is 2.18. The summed E-state index contributed by atoms with van der Waals surface area (Å²) in [6, 6.07) is 9.92. The van der Waals surface area contributed by atoms with Crippen LogP contribution in [-0.4, -0.2) is 22.4 Å². The van der Waals surface area contributed by atoms with E-state index in [1.807, 2.05) is 37.3 Å². The van der Waals surface area contributed by atoms with Gasteiger partial charge in [0.15, 0.2) is 6.29 Å². The molecule has 1 heterocycles. The minimum atomic E-state index is 0.427. The van der Waals surface area contributed by atoms with E-state index in [1.165, 1.54) is 0 Å². The molecule has 0 saturated heterocycles. The Balaban J connectivity index is 2.54. The van der Waals surface area contributed by atoms with Crippen LogP contribution in [0.2, 0.25) is 0 Å². The van der Waals surface area contributed by atoms with E-state index in [4.69, 9.17) is 4.74 Å². The molecule has 0 fully saturated rings. The molecular weight excluding hydrogens is 264 g/mol. The Labute approximate surface area is 125 Å². The van der Waals surface area contributed by atoms with Crippen LogP contribution in [0.25, 0.3) is 11.3 Å². The Morgan fingerprint density at radius 3 is 2.57 bits per heavy atom. The summed E-state index contributed by atoms with van der Waals surface area (Å²) in [4.78, 5) is 15.9. The molecule has 0 aliphatic heterocycles. The fourth-order valence-corrected chi connectivity index (χ4v) is 2.37. The number of hydrogen-bond acceptors (Lipinski definition) is 3. The Morgan fingerprint density at radius 1 is 1.29 bits per heavy atom. The maximum absolute atomic E-state index is 11.4. The van der Waals surface area contributed by atoms with E-state index in [-0.39, 0.29) is 0 Å². The van der Waals surface area contributed by atoms with Crippen LogP contribution >= 0.6 is 0 Å². The van der Waals surface area contributed by atoms with E-state index >= 15 is 0 Å². The smallest absolute Gasteiger partial charge is 0.170 e. The van der Waals surface area contributed by atoms with Gasteiger partial charge in [-0.05, 0) is 12.8 Å². The Hall–Kier alpha value is -1.94. The molecular formula is C17H22N2O2. The zero-order valence-electron chi connectivity index (χ0n) is 12.9. The summed E-state index contributed by atoms with van der Waals surface area (Å²) in [7, 11) is 0. The van der Waals surface area contributed by atoms with Crippen LogP contribution in [0.4, 0.5) is 0 Å². The van der Waals surface area contributed by atoms with E-state index in [0.29, 0.717) is 24.8 Å². The second-order valence-electron chi connectivity index (χ2n) is 5.39. The third-order valence-electron chi connectivity index (χ3n) is 3.22. The molecule has 0 spiro atoms. The van der Waals surface area contributed by atoms with Crippen LogP contribution in [-0.2, 0) is 17.9 Å². The maximum atomic E-state index is 11.4. The molecule has 0 saturated carbocycles. The monoisotopic (exact) mass is 286 g/mol. The van der Waals surface area contributed by atoms with Crippen molar-refractivity contribution in [1.82, 2.24) is 9.55 Å². The van der Waals surface area contributed by atoms with E-state index in [9.17, 15) is 4.79 Å². The minimum Gasteiger partial charge on any atom is -0.374 e. The Bertz CT molecular complexity index is 588. The molecule has 1 aromatic carbocycles. The van der Waals surface area contributed by atoms with Gasteiger partial charge in [-0.2, -0.15) is 0 Å². The number of imidazole rings is 1. The third-order valence-corrected chi connectivity index (χ3v) is 3.22. The van der Waals surface area contributed by atoms with Crippen molar-refractivity contribution in [2.45, 2.75) is 33.9 Å². The number of nitrogens with zero attached hydrogens (tertiary/aromatic N) is 2. The minimum absolute atomic E-state index is 0.427. The maximum Gasteiger partial charge on any atom is 0.170 e. The predicted molar refractivity (Wildman–Crippen MR) is 83.2 cm³/mol. The zero-order valence-corrected chi connectivity index (χ0v) is 12.9. The van der Waals surface area contributed by atoms with Crippen LogP contribution < -0.4 is 0 Å². The number of benzene rings is 1. The van der Waals surface area contributed by atoms with Gasteiger partial charge >= 0.3 is 0 Å². The summed E-state index contributed by atoms with van der Waals surface area (Å²) in [6.07, 6.45) is 0.828. The molecule has 0 aliphatic carbocycles. The Kier molecular flexibility index (Phi) is 5.28. The summed E-state index contributed by atoms with van der Waals surface area (Å²) >= 11 is 0. The van der Waals surface area contributed by atoms with Crippen molar-refractivity contribution in [3.8, 4) is 11.3 Å². The number of carbonyl (C=O) groups is 1. The molecule has 0 radical (unpaired) electrons. The van der Waals surface area contributed by atoms with Crippen molar-refractivity contribution >= 4 is 6.29 Å². The van der Waals surface area contributed by atoms with Gasteiger partial charge in [0.1, 0.15) is 18.1 Å². The quantitative estimate of drug-likeness (QED) is 0.731. The molecule has 112 valence electrons. The number of aldehydes is 1. The fraction of sp³-hybridized carbons (Fsp3) is 0.412. The number of carbonyl (C=O) groups excluding carboxylic acids is 1. The molecule has 0 atom stereocenters. The second-order valence-corrected chi connectivity index (χ2v) is 5.39. The molecule has 0 aliphatic rings. The van der Waals surface area contributed by atoms with Gasteiger partial charge < -0.3 is 9.30 Å². The van der Waals surface area contributed by atoms with Crippen LogP contribution in [0.5, 0.6) is 0 Å². The number of hydrogen-bond donors (Lipinski definition) is 0. The van der Waals surface area contributed by atoms with Crippen LogP contribution in [0.1, 0.15) is 37.1 Å². The zero-order chi connectivity index (χ0) is 15.2. The molecule has 1 aromatic heterocycles.